The van der Waals surface area contributed by atoms with E-state index < -0.39 is 30.0 Å². The number of imide groups is 1. The minimum atomic E-state index is -2.86. The Balaban J connectivity index is 0.697. The van der Waals surface area contributed by atoms with E-state index in [1.54, 1.807) is 21.8 Å². The van der Waals surface area contributed by atoms with E-state index in [0.717, 1.165) is 75.8 Å². The van der Waals surface area contributed by atoms with Crippen LogP contribution in [0.2, 0.25) is 0 Å². The molecule has 17 nitrogen and oxygen atoms in total. The van der Waals surface area contributed by atoms with Gasteiger partial charge in [-0.3, -0.25) is 29.2 Å². The third-order valence-corrected chi connectivity index (χ3v) is 13.0. The first-order valence-corrected chi connectivity index (χ1v) is 21.9. The largest absolute Gasteiger partial charge is 0.385 e. The first-order valence-electron chi connectivity index (χ1n) is 21.9. The van der Waals surface area contributed by atoms with Gasteiger partial charge in [0.2, 0.25) is 11.8 Å². The van der Waals surface area contributed by atoms with E-state index in [0.29, 0.717) is 75.4 Å². The number of hydrogen-bond acceptors (Lipinski definition) is 12. The molecule has 1 saturated carbocycles. The molecule has 1 aliphatic carbocycles. The maximum Gasteiger partial charge on any atom is 0.284 e. The van der Waals surface area contributed by atoms with E-state index in [9.17, 15) is 28.0 Å². The molecule has 4 amide bonds. The average molecular weight is 858 g/mol. The topological polar surface area (TPSA) is 181 Å². The molecular weight excluding hydrogens is 805 g/mol. The molecule has 1 aromatic carbocycles. The van der Waals surface area contributed by atoms with Gasteiger partial charge in [-0.15, -0.1) is 0 Å². The molecule has 1 unspecified atom stereocenters. The molecule has 1 atom stereocenters. The van der Waals surface area contributed by atoms with Crippen LogP contribution in [0.4, 0.5) is 26.0 Å². The number of amides is 4. The second kappa shape index (κ2) is 18.4. The molecule has 0 bridgehead atoms. The lowest BCUT2D eigenvalue weighted by atomic mass is 9.85. The summed E-state index contributed by atoms with van der Waals surface area (Å²) >= 11 is 0. The first-order chi connectivity index (χ1) is 30.2. The molecule has 330 valence electrons. The summed E-state index contributed by atoms with van der Waals surface area (Å²) in [4.78, 5) is 61.5. The van der Waals surface area contributed by atoms with Crippen LogP contribution < -0.4 is 20.9 Å². The number of alkyl halides is 2. The third-order valence-electron chi connectivity index (χ3n) is 13.0. The molecule has 9 rings (SSSR count). The van der Waals surface area contributed by atoms with Crippen molar-refractivity contribution in [2.45, 2.75) is 88.9 Å². The molecule has 62 heavy (non-hydrogen) atoms. The summed E-state index contributed by atoms with van der Waals surface area (Å²) in [6.07, 6.45) is 8.87. The van der Waals surface area contributed by atoms with Crippen molar-refractivity contribution in [2.75, 3.05) is 74.6 Å². The van der Waals surface area contributed by atoms with Crippen LogP contribution in [0.1, 0.15) is 102 Å². The van der Waals surface area contributed by atoms with Gasteiger partial charge in [0.05, 0.1) is 37.2 Å². The van der Waals surface area contributed by atoms with Gasteiger partial charge in [0, 0.05) is 88.0 Å². The van der Waals surface area contributed by atoms with Crippen molar-refractivity contribution in [1.29, 1.82) is 0 Å². The Morgan fingerprint density at radius 2 is 1.79 bits per heavy atom. The number of hydrogen-bond donors (Lipinski definition) is 3. The van der Waals surface area contributed by atoms with Crippen molar-refractivity contribution in [3.05, 3.63) is 65.2 Å². The number of morpholine rings is 1. The van der Waals surface area contributed by atoms with Crippen LogP contribution in [-0.4, -0.2) is 129 Å². The van der Waals surface area contributed by atoms with Gasteiger partial charge in [0.1, 0.15) is 17.4 Å². The van der Waals surface area contributed by atoms with Crippen molar-refractivity contribution in [1.82, 2.24) is 39.5 Å². The number of halogens is 2. The lowest BCUT2D eigenvalue weighted by molar-refractivity contribution is -0.136. The highest BCUT2D eigenvalue weighted by atomic mass is 19.3. The number of nitrogens with zero attached hydrogens (tertiary/aromatic N) is 8. The smallest absolute Gasteiger partial charge is 0.284 e. The van der Waals surface area contributed by atoms with Gasteiger partial charge >= 0.3 is 0 Å². The molecule has 3 saturated heterocycles. The highest BCUT2D eigenvalue weighted by Gasteiger charge is 2.40. The number of anilines is 3. The summed E-state index contributed by atoms with van der Waals surface area (Å²) in [6, 6.07) is 6.74. The van der Waals surface area contributed by atoms with Crippen molar-refractivity contribution in [3.8, 4) is 0 Å². The van der Waals surface area contributed by atoms with Crippen LogP contribution in [0.15, 0.2) is 42.9 Å². The normalized spacial score (nSPS) is 22.7. The van der Waals surface area contributed by atoms with Crippen LogP contribution in [0.25, 0.3) is 5.65 Å². The quantitative estimate of drug-likeness (QED) is 0.120. The van der Waals surface area contributed by atoms with Crippen LogP contribution in [0.5, 0.6) is 0 Å². The Morgan fingerprint density at radius 3 is 2.56 bits per heavy atom. The Bertz CT molecular complexity index is 2280. The monoisotopic (exact) mass is 857 g/mol. The van der Waals surface area contributed by atoms with Gasteiger partial charge in [-0.05, 0) is 75.5 Å². The minimum absolute atomic E-state index is 0.00528. The summed E-state index contributed by atoms with van der Waals surface area (Å²) in [5.41, 5.74) is 2.42. The Kier molecular flexibility index (Phi) is 12.4. The molecule has 4 fully saturated rings. The summed E-state index contributed by atoms with van der Waals surface area (Å²) in [6.45, 7) is 7.09. The predicted molar refractivity (Wildman–Crippen MR) is 223 cm³/mol. The Labute approximate surface area is 357 Å². The number of rotatable bonds is 14. The highest BCUT2D eigenvalue weighted by Crippen LogP contribution is 2.36. The van der Waals surface area contributed by atoms with Crippen molar-refractivity contribution < 1.29 is 37.4 Å². The second-order valence-electron chi connectivity index (χ2n) is 16.9. The van der Waals surface area contributed by atoms with E-state index in [1.165, 1.54) is 16.9 Å². The van der Waals surface area contributed by atoms with E-state index in [2.05, 4.69) is 40.9 Å². The first kappa shape index (κ1) is 41.8. The fourth-order valence-electron chi connectivity index (χ4n) is 9.54. The molecule has 5 aliphatic rings. The van der Waals surface area contributed by atoms with Crippen LogP contribution in [-0.2, 0) is 25.6 Å². The Morgan fingerprint density at radius 1 is 0.984 bits per heavy atom. The van der Waals surface area contributed by atoms with Gasteiger partial charge in [-0.25, -0.2) is 18.3 Å². The molecule has 19 heteroatoms. The van der Waals surface area contributed by atoms with Crippen LogP contribution >= 0.6 is 0 Å². The number of aromatic nitrogens is 5. The average Bonchev–Trinajstić information content (AvgIpc) is 4.00. The molecule has 7 heterocycles. The molecule has 3 N–H and O–H groups in total. The van der Waals surface area contributed by atoms with Crippen LogP contribution in [0, 0.1) is 5.92 Å². The number of fused-ring (bicyclic) bond motifs is 2. The number of benzene rings is 1. The lowest BCUT2D eigenvalue weighted by Gasteiger charge is -2.36. The van der Waals surface area contributed by atoms with E-state index in [1.807, 2.05) is 18.2 Å². The zero-order valence-corrected chi connectivity index (χ0v) is 34.6. The lowest BCUT2D eigenvalue weighted by Crippen LogP contribution is -2.52. The Hall–Kier alpha value is -5.53. The van der Waals surface area contributed by atoms with Gasteiger partial charge in [-0.2, -0.15) is 10.2 Å². The minimum Gasteiger partial charge on any atom is -0.385 e. The maximum absolute atomic E-state index is 14.2. The summed E-state index contributed by atoms with van der Waals surface area (Å²) in [7, 11) is 0. The standard InChI is InChI=1S/C43H53F2N11O6/c44-39(45)38-34(48-41(58)31-23-47-55-17-13-36(49-40(31)55)53-18-21-61-22-19-53)26-56(51-38)28-7-5-27(6-8-28)24-52-15-11-29(12-16-52)62-20-2-14-46-33-4-1-3-30-32(33)25-54(43(30)60)35-9-10-37(57)50-42(35)59/h1,3-4,13,17,23,26-29,35,39,46H,2,5-12,14-16,18-22,24-25H2,(H,48,58)(H,50,57,59). The SMILES string of the molecule is O=C1CCC(N2Cc3c(NCCCOC4CCN(CC5CCC(n6cc(NC(=O)c7cnn8ccc(N9CCOCC9)nc78)c(C(F)F)n6)CC5)CC4)cccc3C2=O)C(=O)N1. The zero-order chi connectivity index (χ0) is 42.7. The number of carbonyl (C=O) groups is 4. The van der Waals surface area contributed by atoms with E-state index >= 15 is 0 Å². The fraction of sp³-hybridized carbons (Fsp3) is 0.558. The number of piperidine rings is 2. The fourth-order valence-corrected chi connectivity index (χ4v) is 9.54. The van der Waals surface area contributed by atoms with Crippen LogP contribution in [0.3, 0.4) is 0 Å². The van der Waals surface area contributed by atoms with Crippen molar-refractivity contribution in [3.63, 3.8) is 0 Å². The van der Waals surface area contributed by atoms with E-state index in [-0.39, 0.29) is 41.6 Å². The third kappa shape index (κ3) is 9.01. The highest BCUT2D eigenvalue weighted by molar-refractivity contribution is 6.08. The molecule has 0 spiro atoms. The molecule has 3 aromatic heterocycles. The van der Waals surface area contributed by atoms with E-state index in [4.69, 9.17) is 9.47 Å². The predicted octanol–water partition coefficient (Wildman–Crippen LogP) is 4.43. The molecule has 0 radical (unpaired) electrons. The number of ether oxygens (including phenoxy) is 2. The molecular formula is C43H53F2N11O6. The summed E-state index contributed by atoms with van der Waals surface area (Å²) in [5.74, 6) is -0.270. The summed E-state index contributed by atoms with van der Waals surface area (Å²) in [5, 5.41) is 17.0. The van der Waals surface area contributed by atoms with Gasteiger partial charge in [0.15, 0.2) is 11.3 Å². The summed E-state index contributed by atoms with van der Waals surface area (Å²) < 4.78 is 43.3. The molecule has 4 aromatic rings. The van der Waals surface area contributed by atoms with Gasteiger partial charge in [-0.1, -0.05) is 6.07 Å². The number of nitrogens with one attached hydrogen (secondary N) is 3. The van der Waals surface area contributed by atoms with Crippen molar-refractivity contribution >= 4 is 46.5 Å². The number of likely N-dealkylation sites (tertiary alicyclic amines) is 1. The molecule has 4 aliphatic heterocycles. The maximum atomic E-state index is 14.2. The van der Waals surface area contributed by atoms with Crippen molar-refractivity contribution in [2.24, 2.45) is 5.92 Å². The van der Waals surface area contributed by atoms with Gasteiger partial charge < -0.3 is 34.8 Å². The number of carbonyl (C=O) groups excluding carboxylic acids is 4. The van der Waals surface area contributed by atoms with Gasteiger partial charge in [0.25, 0.3) is 18.2 Å². The zero-order valence-electron chi connectivity index (χ0n) is 34.6. The second-order valence-corrected chi connectivity index (χ2v) is 16.9.